The van der Waals surface area contributed by atoms with Crippen LogP contribution in [0.5, 0.6) is 5.75 Å². The van der Waals surface area contributed by atoms with Gasteiger partial charge in [0.05, 0.1) is 11.1 Å². The number of hydrogen-bond acceptors (Lipinski definition) is 4. The normalized spacial score (nSPS) is 22.3. The Morgan fingerprint density at radius 1 is 0.811 bits per heavy atom. The number of carbonyl (C=O) groups is 1. The lowest BCUT2D eigenvalue weighted by Gasteiger charge is -2.54. The molecule has 2 aromatic carbocycles. The van der Waals surface area contributed by atoms with Gasteiger partial charge in [0, 0.05) is 0 Å². The molecule has 0 spiro atoms. The Bertz CT molecular complexity index is 1160. The molecular formula is C33H40N2O2. The Labute approximate surface area is 222 Å². The number of esters is 1. The summed E-state index contributed by atoms with van der Waals surface area (Å²) in [6.07, 6.45) is 17.0. The van der Waals surface area contributed by atoms with Crippen molar-refractivity contribution in [3.8, 4) is 17.9 Å². The van der Waals surface area contributed by atoms with Crippen LogP contribution in [-0.2, 0) is 11.8 Å². The average Bonchev–Trinajstić information content (AvgIpc) is 2.94. The number of hydrogen-bond donors (Lipinski definition) is 0. The summed E-state index contributed by atoms with van der Waals surface area (Å²) < 4.78 is 5.64. The summed E-state index contributed by atoms with van der Waals surface area (Å²) in [6.45, 7) is 4.41. The third-order valence-corrected chi connectivity index (χ3v) is 9.17. The molecule has 0 unspecified atom stereocenters. The zero-order valence-electron chi connectivity index (χ0n) is 22.6. The Hall–Kier alpha value is -3.11. The van der Waals surface area contributed by atoms with Crippen LogP contribution >= 0.6 is 0 Å². The molecule has 0 atom stereocenters. The van der Waals surface area contributed by atoms with Crippen LogP contribution in [0.4, 0.5) is 0 Å². The number of rotatable bonds is 11. The van der Waals surface area contributed by atoms with Crippen LogP contribution in [0, 0.1) is 28.1 Å². The van der Waals surface area contributed by atoms with E-state index in [-0.39, 0.29) is 16.7 Å². The molecule has 3 fully saturated rings. The third-order valence-electron chi connectivity index (χ3n) is 9.17. The predicted molar refractivity (Wildman–Crippen MR) is 146 cm³/mol. The van der Waals surface area contributed by atoms with Crippen molar-refractivity contribution in [1.82, 2.24) is 0 Å². The summed E-state index contributed by atoms with van der Waals surface area (Å²) in [5.74, 6) is -0.338. The van der Waals surface area contributed by atoms with E-state index in [1.807, 2.05) is 18.2 Å². The van der Waals surface area contributed by atoms with Gasteiger partial charge in [0.2, 0.25) is 0 Å². The van der Waals surface area contributed by atoms with Gasteiger partial charge in [-0.25, -0.2) is 4.79 Å². The highest BCUT2D eigenvalue weighted by Gasteiger charge is 2.48. The maximum Gasteiger partial charge on any atom is 0.343 e. The molecule has 2 aromatic rings. The van der Waals surface area contributed by atoms with Gasteiger partial charge in [0.1, 0.15) is 23.5 Å². The van der Waals surface area contributed by atoms with Crippen molar-refractivity contribution in [3.63, 3.8) is 0 Å². The van der Waals surface area contributed by atoms with E-state index >= 15 is 0 Å². The van der Waals surface area contributed by atoms with Crippen LogP contribution in [0.1, 0.15) is 130 Å². The molecule has 0 aliphatic heterocycles. The summed E-state index contributed by atoms with van der Waals surface area (Å²) in [4.78, 5) is 13.0. The van der Waals surface area contributed by atoms with Gasteiger partial charge in [-0.05, 0) is 97.9 Å². The van der Waals surface area contributed by atoms with Crippen molar-refractivity contribution < 1.29 is 9.53 Å². The molecule has 0 heterocycles. The molecule has 5 rings (SSSR count). The quantitative estimate of drug-likeness (QED) is 0.177. The first-order chi connectivity index (χ1) is 18.0. The molecular weight excluding hydrogens is 456 g/mol. The number of nitrogens with zero attached hydrogens (tertiary/aromatic N) is 2. The van der Waals surface area contributed by atoms with Crippen LogP contribution in [0.15, 0.2) is 36.4 Å². The largest absolute Gasteiger partial charge is 0.421 e. The molecule has 4 nitrogen and oxygen atoms in total. The van der Waals surface area contributed by atoms with Crippen LogP contribution in [0.3, 0.4) is 0 Å². The second-order valence-corrected chi connectivity index (χ2v) is 11.4. The zero-order valence-corrected chi connectivity index (χ0v) is 22.6. The predicted octanol–water partition coefficient (Wildman–Crippen LogP) is 8.55. The average molecular weight is 497 g/mol. The lowest BCUT2D eigenvalue weighted by molar-refractivity contribution is 0.0305. The molecule has 3 aliphatic rings. The molecule has 4 heteroatoms. The Balaban J connectivity index is 1.44. The summed E-state index contributed by atoms with van der Waals surface area (Å²) in [5.41, 5.74) is 3.93. The maximum atomic E-state index is 13.0. The van der Waals surface area contributed by atoms with Crippen LogP contribution in [0.25, 0.3) is 0 Å². The van der Waals surface area contributed by atoms with Gasteiger partial charge in [0.15, 0.2) is 0 Å². The van der Waals surface area contributed by atoms with E-state index in [1.165, 1.54) is 69.8 Å². The number of fused-ring (bicyclic) bond motifs is 3. The number of nitriles is 2. The van der Waals surface area contributed by atoms with Gasteiger partial charge in [-0.1, -0.05) is 64.2 Å². The van der Waals surface area contributed by atoms with Gasteiger partial charge in [-0.2, -0.15) is 10.5 Å². The van der Waals surface area contributed by atoms with E-state index < -0.39 is 5.97 Å². The lowest BCUT2D eigenvalue weighted by Crippen LogP contribution is -2.44. The van der Waals surface area contributed by atoms with E-state index in [1.54, 1.807) is 6.07 Å². The Morgan fingerprint density at radius 3 is 2.03 bits per heavy atom. The van der Waals surface area contributed by atoms with E-state index in [9.17, 15) is 15.3 Å². The second-order valence-electron chi connectivity index (χ2n) is 11.4. The first kappa shape index (κ1) is 26.9. The maximum absolute atomic E-state index is 13.0. The van der Waals surface area contributed by atoms with Gasteiger partial charge >= 0.3 is 5.97 Å². The molecule has 2 bridgehead atoms. The Kier molecular flexibility index (Phi) is 8.71. The van der Waals surface area contributed by atoms with Crippen molar-refractivity contribution in [2.24, 2.45) is 5.41 Å². The summed E-state index contributed by atoms with van der Waals surface area (Å²) in [7, 11) is 0. The summed E-state index contributed by atoms with van der Waals surface area (Å²) >= 11 is 0. The van der Waals surface area contributed by atoms with Crippen molar-refractivity contribution in [2.45, 2.75) is 109 Å². The SMILES string of the molecule is CCCCCc1ccc(OC(=O)c2ccc(C34CCC(CCCCC)(CC3)CC4)cc2)c(C#N)c1C#N. The first-order valence-corrected chi connectivity index (χ1v) is 14.3. The van der Waals surface area contributed by atoms with E-state index in [0.717, 1.165) is 31.2 Å². The fourth-order valence-corrected chi connectivity index (χ4v) is 6.66. The van der Waals surface area contributed by atoms with Crippen molar-refractivity contribution in [2.75, 3.05) is 0 Å². The number of benzene rings is 2. The van der Waals surface area contributed by atoms with Gasteiger partial charge in [-0.3, -0.25) is 0 Å². The molecule has 0 radical (unpaired) electrons. The number of carbonyl (C=O) groups excluding carboxylic acids is 1. The lowest BCUT2D eigenvalue weighted by atomic mass is 9.51. The standard InChI is InChI=1S/C33H40N2O2/c1-3-5-7-9-25-12-15-30(29(24-35)28(25)23-34)37-31(36)26-10-13-27(14-11-26)33-20-17-32(18-21-33,19-22-33)16-8-6-4-2/h10-15H,3-9,16-22H2,1-2H3. The highest BCUT2D eigenvalue weighted by molar-refractivity contribution is 5.91. The highest BCUT2D eigenvalue weighted by Crippen LogP contribution is 2.59. The smallest absolute Gasteiger partial charge is 0.343 e. The molecule has 0 saturated heterocycles. The molecule has 3 saturated carbocycles. The highest BCUT2D eigenvalue weighted by atomic mass is 16.5. The fraction of sp³-hybridized carbons (Fsp3) is 0.545. The van der Waals surface area contributed by atoms with E-state index in [4.69, 9.17) is 4.74 Å². The molecule has 194 valence electrons. The number of aryl methyl sites for hydroxylation is 1. The fourth-order valence-electron chi connectivity index (χ4n) is 6.66. The molecule has 0 aromatic heterocycles. The van der Waals surface area contributed by atoms with Crippen molar-refractivity contribution in [1.29, 1.82) is 10.5 Å². The zero-order chi connectivity index (χ0) is 26.3. The molecule has 3 aliphatic carbocycles. The minimum Gasteiger partial charge on any atom is -0.421 e. The second kappa shape index (κ2) is 12.0. The van der Waals surface area contributed by atoms with Crippen LogP contribution in [-0.4, -0.2) is 5.97 Å². The topological polar surface area (TPSA) is 73.9 Å². The molecule has 0 N–H and O–H groups in total. The van der Waals surface area contributed by atoms with Crippen LogP contribution in [0.2, 0.25) is 0 Å². The third kappa shape index (κ3) is 5.75. The number of unbranched alkanes of at least 4 members (excludes halogenated alkanes) is 4. The minimum absolute atomic E-state index is 0.146. The Morgan fingerprint density at radius 2 is 1.43 bits per heavy atom. The molecule has 37 heavy (non-hydrogen) atoms. The van der Waals surface area contributed by atoms with Crippen molar-refractivity contribution in [3.05, 3.63) is 64.2 Å². The van der Waals surface area contributed by atoms with Crippen molar-refractivity contribution >= 4 is 5.97 Å². The van der Waals surface area contributed by atoms with E-state index in [0.29, 0.717) is 16.5 Å². The minimum atomic E-state index is -0.495. The van der Waals surface area contributed by atoms with Gasteiger partial charge in [-0.15, -0.1) is 0 Å². The summed E-state index contributed by atoms with van der Waals surface area (Å²) in [5, 5.41) is 19.4. The van der Waals surface area contributed by atoms with Gasteiger partial charge in [0.25, 0.3) is 0 Å². The molecule has 0 amide bonds. The van der Waals surface area contributed by atoms with E-state index in [2.05, 4.69) is 38.1 Å². The number of ether oxygens (including phenoxy) is 1. The van der Waals surface area contributed by atoms with Crippen LogP contribution < -0.4 is 4.74 Å². The monoisotopic (exact) mass is 496 g/mol. The summed E-state index contributed by atoms with van der Waals surface area (Å²) in [6, 6.07) is 15.7. The first-order valence-electron chi connectivity index (χ1n) is 14.3. The van der Waals surface area contributed by atoms with Gasteiger partial charge < -0.3 is 4.74 Å².